The Kier molecular flexibility index (Phi) is 34.8. The number of hydrogen-bond donors (Lipinski definition) is 4. The monoisotopic (exact) mass is 787 g/mol. The SMILES string of the molecule is CC/C=C\C/C=C\C/C=C\C/C=C\CCCCCCCOCC(COC1OC(CO)C(O)C(O)C1O)OC(=O)CCCCCCC/C=C\C/C=C\C/C=C\CC. The maximum atomic E-state index is 12.8. The quantitative estimate of drug-likeness (QED) is 0.0282. The zero-order chi connectivity index (χ0) is 40.7. The summed E-state index contributed by atoms with van der Waals surface area (Å²) in [5, 5.41) is 40.1. The second kappa shape index (κ2) is 37.9. The standard InChI is InChI=1S/C47H78O9/c1-3-5-7-9-11-13-15-17-19-20-21-23-25-27-29-31-33-35-37-53-39-41(40-54-47-46(52)45(51)44(50)42(38-48)56-47)55-43(49)36-34-32-30-28-26-24-22-18-16-14-12-10-8-6-4-2/h5-8,11-14,17-19,21-23,41-42,44-48,50-52H,3-4,9-10,15-16,20,24-40H2,1-2H3/b7-5-,8-6-,13-11-,14-12-,19-17-,22-18-,23-21-. The molecule has 0 spiro atoms. The summed E-state index contributed by atoms with van der Waals surface area (Å²) in [5.41, 5.74) is 0. The fourth-order valence-corrected chi connectivity index (χ4v) is 5.97. The Balaban J connectivity index is 2.32. The Hall–Kier alpha value is -2.63. The molecule has 1 fully saturated rings. The third-order valence-electron chi connectivity index (χ3n) is 9.31. The fourth-order valence-electron chi connectivity index (χ4n) is 5.97. The van der Waals surface area contributed by atoms with Crippen molar-refractivity contribution in [3.8, 4) is 0 Å². The van der Waals surface area contributed by atoms with Crippen LogP contribution in [0.3, 0.4) is 0 Å². The third-order valence-corrected chi connectivity index (χ3v) is 9.31. The average molecular weight is 787 g/mol. The second-order valence-electron chi connectivity index (χ2n) is 14.4. The van der Waals surface area contributed by atoms with E-state index in [1.165, 1.54) is 0 Å². The molecule has 4 N–H and O–H groups in total. The van der Waals surface area contributed by atoms with Crippen LogP contribution < -0.4 is 0 Å². The van der Waals surface area contributed by atoms with Crippen molar-refractivity contribution in [1.29, 1.82) is 0 Å². The van der Waals surface area contributed by atoms with E-state index in [0.717, 1.165) is 122 Å². The minimum Gasteiger partial charge on any atom is -0.457 e. The maximum absolute atomic E-state index is 12.8. The van der Waals surface area contributed by atoms with Crippen LogP contribution >= 0.6 is 0 Å². The van der Waals surface area contributed by atoms with Crippen molar-refractivity contribution in [2.45, 2.75) is 179 Å². The average Bonchev–Trinajstić information content (AvgIpc) is 3.20. The zero-order valence-corrected chi connectivity index (χ0v) is 34.8. The van der Waals surface area contributed by atoms with Gasteiger partial charge in [0.15, 0.2) is 6.29 Å². The van der Waals surface area contributed by atoms with Gasteiger partial charge in [-0.05, 0) is 83.5 Å². The highest BCUT2D eigenvalue weighted by Gasteiger charge is 2.44. The predicted octanol–water partition coefficient (Wildman–Crippen LogP) is 9.47. The summed E-state index contributed by atoms with van der Waals surface area (Å²) < 4.78 is 22.8. The van der Waals surface area contributed by atoms with Crippen LogP contribution in [0.25, 0.3) is 0 Å². The van der Waals surface area contributed by atoms with Gasteiger partial charge in [0, 0.05) is 13.0 Å². The van der Waals surface area contributed by atoms with Crippen LogP contribution in [-0.4, -0.2) is 89.6 Å². The highest BCUT2D eigenvalue weighted by Crippen LogP contribution is 2.22. The molecule has 0 radical (unpaired) electrons. The molecule has 0 aromatic carbocycles. The normalized spacial score (nSPS) is 21.4. The first-order valence-corrected chi connectivity index (χ1v) is 21.7. The van der Waals surface area contributed by atoms with Crippen molar-refractivity contribution in [3.63, 3.8) is 0 Å². The van der Waals surface area contributed by atoms with Crippen LogP contribution in [0.2, 0.25) is 0 Å². The van der Waals surface area contributed by atoms with Gasteiger partial charge in [0.05, 0.1) is 19.8 Å². The van der Waals surface area contributed by atoms with E-state index in [0.29, 0.717) is 6.61 Å². The summed E-state index contributed by atoms with van der Waals surface area (Å²) in [6.07, 6.45) is 43.2. The van der Waals surface area contributed by atoms with Gasteiger partial charge in [-0.1, -0.05) is 137 Å². The van der Waals surface area contributed by atoms with Gasteiger partial charge < -0.3 is 39.4 Å². The topological polar surface area (TPSA) is 135 Å². The number of hydrogen-bond acceptors (Lipinski definition) is 9. The summed E-state index contributed by atoms with van der Waals surface area (Å²) in [6.45, 7) is 4.24. The summed E-state index contributed by atoms with van der Waals surface area (Å²) in [5.74, 6) is -0.342. The molecule has 0 bridgehead atoms. The molecule has 1 saturated heterocycles. The summed E-state index contributed by atoms with van der Waals surface area (Å²) in [7, 11) is 0. The van der Waals surface area contributed by atoms with Crippen LogP contribution in [0.4, 0.5) is 0 Å². The van der Waals surface area contributed by atoms with E-state index in [9.17, 15) is 25.2 Å². The number of esters is 1. The number of unbranched alkanes of at least 4 members (excludes halogenated alkanes) is 10. The van der Waals surface area contributed by atoms with E-state index in [1.54, 1.807) is 0 Å². The summed E-state index contributed by atoms with van der Waals surface area (Å²) in [6, 6.07) is 0. The van der Waals surface area contributed by atoms with Crippen molar-refractivity contribution < 1.29 is 44.2 Å². The molecule has 1 aliphatic rings. The van der Waals surface area contributed by atoms with Gasteiger partial charge in [-0.15, -0.1) is 0 Å². The van der Waals surface area contributed by atoms with Crippen molar-refractivity contribution in [1.82, 2.24) is 0 Å². The first-order chi connectivity index (χ1) is 27.4. The molecule has 9 heteroatoms. The number of carbonyl (C=O) groups excluding carboxylic acids is 1. The molecule has 56 heavy (non-hydrogen) atoms. The van der Waals surface area contributed by atoms with Crippen LogP contribution in [0.5, 0.6) is 0 Å². The fraction of sp³-hybridized carbons (Fsp3) is 0.681. The highest BCUT2D eigenvalue weighted by molar-refractivity contribution is 5.69. The van der Waals surface area contributed by atoms with Crippen molar-refractivity contribution in [2.75, 3.05) is 26.4 Å². The number of aliphatic hydroxyl groups excluding tert-OH is 4. The second-order valence-corrected chi connectivity index (χ2v) is 14.4. The van der Waals surface area contributed by atoms with E-state index < -0.39 is 43.4 Å². The molecule has 320 valence electrons. The smallest absolute Gasteiger partial charge is 0.306 e. The van der Waals surface area contributed by atoms with Crippen LogP contribution in [0.15, 0.2) is 85.1 Å². The molecule has 6 atom stereocenters. The number of aliphatic hydroxyl groups is 4. The van der Waals surface area contributed by atoms with Crippen LogP contribution in [0.1, 0.15) is 142 Å². The van der Waals surface area contributed by atoms with E-state index >= 15 is 0 Å². The van der Waals surface area contributed by atoms with Gasteiger partial charge in [-0.25, -0.2) is 0 Å². The van der Waals surface area contributed by atoms with Gasteiger partial charge in [0.2, 0.25) is 0 Å². The third kappa shape index (κ3) is 28.7. The molecule has 9 nitrogen and oxygen atoms in total. The number of rotatable bonds is 35. The summed E-state index contributed by atoms with van der Waals surface area (Å²) >= 11 is 0. The molecule has 0 amide bonds. The molecule has 0 aliphatic carbocycles. The lowest BCUT2D eigenvalue weighted by Crippen LogP contribution is -2.59. The molecule has 6 unspecified atom stereocenters. The predicted molar refractivity (Wildman–Crippen MR) is 228 cm³/mol. The molecule has 0 aromatic heterocycles. The molecular formula is C47H78O9. The Labute approximate surface area is 339 Å². The lowest BCUT2D eigenvalue weighted by Gasteiger charge is -2.39. The molecular weight excluding hydrogens is 709 g/mol. The van der Waals surface area contributed by atoms with Crippen LogP contribution in [0, 0.1) is 0 Å². The van der Waals surface area contributed by atoms with Crippen LogP contribution in [-0.2, 0) is 23.7 Å². The van der Waals surface area contributed by atoms with Crippen molar-refractivity contribution in [2.24, 2.45) is 0 Å². The highest BCUT2D eigenvalue weighted by atomic mass is 16.7. The lowest BCUT2D eigenvalue weighted by molar-refractivity contribution is -0.305. The molecule has 1 rings (SSSR count). The maximum Gasteiger partial charge on any atom is 0.306 e. The first-order valence-electron chi connectivity index (χ1n) is 21.7. The largest absolute Gasteiger partial charge is 0.457 e. The van der Waals surface area contributed by atoms with Crippen molar-refractivity contribution >= 4 is 5.97 Å². The number of allylic oxidation sites excluding steroid dienone is 14. The van der Waals surface area contributed by atoms with E-state index in [-0.39, 0.29) is 25.6 Å². The lowest BCUT2D eigenvalue weighted by atomic mass is 9.99. The Morgan fingerprint density at radius 2 is 1.04 bits per heavy atom. The van der Waals surface area contributed by atoms with Gasteiger partial charge in [-0.3, -0.25) is 4.79 Å². The van der Waals surface area contributed by atoms with E-state index in [4.69, 9.17) is 18.9 Å². The minimum absolute atomic E-state index is 0.119. The number of ether oxygens (including phenoxy) is 4. The first kappa shape index (κ1) is 51.4. The Morgan fingerprint density at radius 3 is 1.55 bits per heavy atom. The number of carbonyl (C=O) groups is 1. The van der Waals surface area contributed by atoms with E-state index in [2.05, 4.69) is 98.9 Å². The van der Waals surface area contributed by atoms with Gasteiger partial charge in [-0.2, -0.15) is 0 Å². The minimum atomic E-state index is -1.55. The zero-order valence-electron chi connectivity index (χ0n) is 34.8. The Bertz CT molecular complexity index is 1120. The van der Waals surface area contributed by atoms with Gasteiger partial charge in [0.25, 0.3) is 0 Å². The molecule has 1 heterocycles. The van der Waals surface area contributed by atoms with Gasteiger partial charge >= 0.3 is 5.97 Å². The van der Waals surface area contributed by atoms with E-state index in [1.807, 2.05) is 0 Å². The summed E-state index contributed by atoms with van der Waals surface area (Å²) in [4.78, 5) is 12.8. The van der Waals surface area contributed by atoms with Crippen molar-refractivity contribution in [3.05, 3.63) is 85.1 Å². The molecule has 0 aromatic rings. The Morgan fingerprint density at radius 1 is 0.571 bits per heavy atom. The van der Waals surface area contributed by atoms with Gasteiger partial charge in [0.1, 0.15) is 30.5 Å². The molecule has 0 saturated carbocycles. The molecule has 1 aliphatic heterocycles.